The predicted octanol–water partition coefficient (Wildman–Crippen LogP) is 2.88. The molecule has 0 saturated carbocycles. The molecule has 1 atom stereocenters. The molecule has 0 aliphatic carbocycles. The van der Waals surface area contributed by atoms with Crippen LogP contribution in [0.3, 0.4) is 0 Å². The van der Waals surface area contributed by atoms with Crippen molar-refractivity contribution in [3.63, 3.8) is 0 Å². The summed E-state index contributed by atoms with van der Waals surface area (Å²) >= 11 is 0. The minimum atomic E-state index is -0.262. The molecular weight excluding hydrogens is 294 g/mol. The van der Waals surface area contributed by atoms with E-state index in [1.165, 1.54) is 7.11 Å². The molecule has 1 unspecified atom stereocenters. The number of ether oxygens (including phenoxy) is 2. The van der Waals surface area contributed by atoms with Crippen LogP contribution < -0.4 is 0 Å². The maximum atomic E-state index is 12.5. The van der Waals surface area contributed by atoms with Crippen molar-refractivity contribution in [2.75, 3.05) is 40.9 Å². The Kier molecular flexibility index (Phi) is 7.74. The highest BCUT2D eigenvalue weighted by atomic mass is 16.5. The summed E-state index contributed by atoms with van der Waals surface area (Å²) in [4.78, 5) is 23.9. The fourth-order valence-electron chi connectivity index (χ4n) is 2.34. The van der Waals surface area contributed by atoms with Gasteiger partial charge < -0.3 is 14.0 Å². The summed E-state index contributed by atoms with van der Waals surface area (Å²) in [5, 5.41) is 0. The van der Waals surface area contributed by atoms with E-state index in [4.69, 9.17) is 4.74 Å². The van der Waals surface area contributed by atoms with E-state index >= 15 is 0 Å². The third-order valence-electron chi connectivity index (χ3n) is 3.87. The minimum Gasteiger partial charge on any atom is -0.465 e. The normalized spacial score (nSPS) is 14.3. The summed E-state index contributed by atoms with van der Waals surface area (Å²) in [5.74, 6) is -0.550. The van der Waals surface area contributed by atoms with Gasteiger partial charge in [-0.1, -0.05) is 41.5 Å². The molecule has 136 valence electrons. The number of hydrogen-bond acceptors (Lipinski definition) is 4. The minimum absolute atomic E-state index is 0.0667. The zero-order chi connectivity index (χ0) is 18.5. The maximum absolute atomic E-state index is 12.5. The molecule has 0 rings (SSSR count). The molecule has 0 aromatic rings. The van der Waals surface area contributed by atoms with Crippen LogP contribution in [0.15, 0.2) is 0 Å². The Morgan fingerprint density at radius 3 is 1.96 bits per heavy atom. The fraction of sp³-hybridized carbons (Fsp3) is 0.889. The van der Waals surface area contributed by atoms with Gasteiger partial charge in [0.2, 0.25) is 0 Å². The van der Waals surface area contributed by atoms with Crippen molar-refractivity contribution in [3.8, 4) is 0 Å². The summed E-state index contributed by atoms with van der Waals surface area (Å²) in [7, 11) is 5.21. The quantitative estimate of drug-likeness (QED) is 0.532. The molecule has 0 amide bonds. The molecule has 23 heavy (non-hydrogen) atoms. The van der Waals surface area contributed by atoms with Crippen LogP contribution in [-0.4, -0.2) is 57.3 Å². The second-order valence-electron chi connectivity index (χ2n) is 9.24. The van der Waals surface area contributed by atoms with Gasteiger partial charge in [-0.2, -0.15) is 0 Å². The smallest absolute Gasteiger partial charge is 0.361 e. The maximum Gasteiger partial charge on any atom is 0.361 e. The van der Waals surface area contributed by atoms with Crippen LogP contribution in [0.4, 0.5) is 0 Å². The molecular formula is C18H36NO4+. The number of hydrogen-bond donors (Lipinski definition) is 0. The molecule has 0 aromatic heterocycles. The Bertz CT molecular complexity index is 402. The van der Waals surface area contributed by atoms with Crippen LogP contribution in [0.25, 0.3) is 0 Å². The number of quaternary nitrogens is 1. The van der Waals surface area contributed by atoms with E-state index in [1.807, 2.05) is 14.1 Å². The van der Waals surface area contributed by atoms with Gasteiger partial charge in [-0.15, -0.1) is 0 Å². The van der Waals surface area contributed by atoms with E-state index in [9.17, 15) is 9.59 Å². The van der Waals surface area contributed by atoms with Gasteiger partial charge in [0, 0.05) is 0 Å². The van der Waals surface area contributed by atoms with Crippen molar-refractivity contribution in [2.45, 2.75) is 48.0 Å². The van der Waals surface area contributed by atoms with Crippen molar-refractivity contribution in [2.24, 2.45) is 16.7 Å². The Hall–Kier alpha value is -1.10. The number of carbonyl (C=O) groups is 2. The average Bonchev–Trinajstić information content (AvgIpc) is 2.32. The lowest BCUT2D eigenvalue weighted by molar-refractivity contribution is -0.883. The van der Waals surface area contributed by atoms with Gasteiger partial charge in [-0.25, -0.2) is 4.79 Å². The molecule has 5 heteroatoms. The molecule has 0 aliphatic rings. The molecule has 5 nitrogen and oxygen atoms in total. The van der Waals surface area contributed by atoms with E-state index in [-0.39, 0.29) is 35.2 Å². The number of nitrogens with zero attached hydrogens (tertiary/aromatic N) is 1. The summed E-state index contributed by atoms with van der Waals surface area (Å²) in [5.41, 5.74) is -0.0715. The van der Waals surface area contributed by atoms with Crippen molar-refractivity contribution in [1.29, 1.82) is 0 Å². The zero-order valence-electron chi connectivity index (χ0n) is 16.5. The van der Waals surface area contributed by atoms with Gasteiger partial charge in [0.1, 0.15) is 13.2 Å². The largest absolute Gasteiger partial charge is 0.465 e. The van der Waals surface area contributed by atoms with Crippen LogP contribution in [0.5, 0.6) is 0 Å². The topological polar surface area (TPSA) is 52.6 Å². The molecule has 0 heterocycles. The van der Waals surface area contributed by atoms with E-state index in [1.54, 1.807) is 0 Å². The predicted molar refractivity (Wildman–Crippen MR) is 91.8 cm³/mol. The molecule has 0 N–H and O–H groups in total. The molecule has 0 fully saturated rings. The van der Waals surface area contributed by atoms with Crippen LogP contribution in [-0.2, 0) is 19.1 Å². The highest BCUT2D eigenvalue weighted by Gasteiger charge is 2.36. The number of rotatable bonds is 7. The first-order chi connectivity index (χ1) is 10.2. The number of methoxy groups -OCH3 is 1. The number of likely N-dealkylation sites (N-methyl/N-ethyl adjacent to an activating group) is 1. The Balaban J connectivity index is 4.63. The van der Waals surface area contributed by atoms with Gasteiger partial charge in [0.15, 0.2) is 6.54 Å². The van der Waals surface area contributed by atoms with Crippen LogP contribution in [0.1, 0.15) is 48.0 Å². The summed E-state index contributed by atoms with van der Waals surface area (Å²) in [6.07, 6.45) is 0.787. The van der Waals surface area contributed by atoms with Crippen LogP contribution >= 0.6 is 0 Å². The standard InChI is InChI=1S/C18H36NO4/c1-17(2,3)12-14(18(4,5)6)16(21)23-11-10-19(7,8)13-15(20)22-9/h14H,10-13H2,1-9H3/q+1. The molecule has 0 spiro atoms. The second-order valence-corrected chi connectivity index (χ2v) is 9.24. The summed E-state index contributed by atoms with van der Waals surface area (Å²) in [6.45, 7) is 13.8. The summed E-state index contributed by atoms with van der Waals surface area (Å²) < 4.78 is 10.6. The highest BCUT2D eigenvalue weighted by molar-refractivity contribution is 5.73. The first-order valence-corrected chi connectivity index (χ1v) is 8.23. The Morgan fingerprint density at radius 1 is 1.04 bits per heavy atom. The van der Waals surface area contributed by atoms with Gasteiger partial charge >= 0.3 is 11.9 Å². The SMILES string of the molecule is COC(=O)C[N+](C)(C)CCOC(=O)C(CC(C)(C)C)C(C)(C)C. The van der Waals surface area contributed by atoms with Crippen molar-refractivity contribution in [1.82, 2.24) is 0 Å². The Labute approximate surface area is 141 Å². The molecule has 0 aromatic carbocycles. The van der Waals surface area contributed by atoms with E-state index in [0.717, 1.165) is 6.42 Å². The first kappa shape index (κ1) is 21.9. The Morgan fingerprint density at radius 2 is 1.57 bits per heavy atom. The number of carbonyl (C=O) groups excluding carboxylic acids is 2. The molecule has 0 saturated heterocycles. The van der Waals surface area contributed by atoms with Gasteiger partial charge in [0.25, 0.3) is 0 Å². The third-order valence-corrected chi connectivity index (χ3v) is 3.87. The fourth-order valence-corrected chi connectivity index (χ4v) is 2.34. The zero-order valence-corrected chi connectivity index (χ0v) is 16.5. The average molecular weight is 330 g/mol. The molecule has 0 aliphatic heterocycles. The second kappa shape index (κ2) is 8.13. The lowest BCUT2D eigenvalue weighted by atomic mass is 9.72. The van der Waals surface area contributed by atoms with Crippen molar-refractivity contribution in [3.05, 3.63) is 0 Å². The van der Waals surface area contributed by atoms with Crippen molar-refractivity contribution >= 4 is 11.9 Å². The van der Waals surface area contributed by atoms with E-state index in [0.29, 0.717) is 17.6 Å². The van der Waals surface area contributed by atoms with Gasteiger partial charge in [0.05, 0.1) is 27.1 Å². The van der Waals surface area contributed by atoms with Crippen LogP contribution in [0.2, 0.25) is 0 Å². The highest BCUT2D eigenvalue weighted by Crippen LogP contribution is 2.36. The summed E-state index contributed by atoms with van der Waals surface area (Å²) in [6, 6.07) is 0. The third kappa shape index (κ3) is 9.59. The lowest BCUT2D eigenvalue weighted by Crippen LogP contribution is -2.47. The van der Waals surface area contributed by atoms with E-state index in [2.05, 4.69) is 46.3 Å². The molecule has 0 radical (unpaired) electrons. The van der Waals surface area contributed by atoms with Crippen molar-refractivity contribution < 1.29 is 23.5 Å². The van der Waals surface area contributed by atoms with Crippen LogP contribution in [0, 0.1) is 16.7 Å². The van der Waals surface area contributed by atoms with E-state index < -0.39 is 0 Å². The number of esters is 2. The van der Waals surface area contributed by atoms with Gasteiger partial charge in [-0.05, 0) is 17.3 Å². The first-order valence-electron chi connectivity index (χ1n) is 8.23. The molecule has 0 bridgehead atoms. The lowest BCUT2D eigenvalue weighted by Gasteiger charge is -2.34. The monoisotopic (exact) mass is 330 g/mol. The van der Waals surface area contributed by atoms with Gasteiger partial charge in [-0.3, -0.25) is 4.79 Å².